The first-order valence-corrected chi connectivity index (χ1v) is 12.6. The molecule has 3 atom stereocenters. The Morgan fingerprint density at radius 2 is 1.35 bits per heavy atom. The fourth-order valence-corrected chi connectivity index (χ4v) is 5.53. The molecule has 4 heteroatoms. The molecule has 0 aromatic heterocycles. The highest BCUT2D eigenvalue weighted by molar-refractivity contribution is 5.27. The van der Waals surface area contributed by atoms with E-state index in [1.54, 1.807) is 7.11 Å². The van der Waals surface area contributed by atoms with E-state index < -0.39 is 0 Å². The van der Waals surface area contributed by atoms with Crippen LogP contribution in [-0.4, -0.2) is 48.2 Å². The summed E-state index contributed by atoms with van der Waals surface area (Å²) in [4.78, 5) is 5.39. The Bertz CT molecular complexity index is 1010. The molecule has 3 heterocycles. The number of nitrogens with zero attached hydrogens (tertiary/aromatic N) is 2. The molecule has 3 saturated heterocycles. The fraction of sp³-hybridized carbons (Fsp3) is 0.400. The molecule has 0 radical (unpaired) electrons. The van der Waals surface area contributed by atoms with Gasteiger partial charge in [0.25, 0.3) is 0 Å². The molecule has 2 bridgehead atoms. The lowest BCUT2D eigenvalue weighted by molar-refractivity contribution is -0.0910. The van der Waals surface area contributed by atoms with E-state index in [9.17, 15) is 0 Å². The van der Waals surface area contributed by atoms with E-state index >= 15 is 0 Å². The predicted molar refractivity (Wildman–Crippen MR) is 137 cm³/mol. The maximum absolute atomic E-state index is 6.65. The molecule has 3 aromatic rings. The van der Waals surface area contributed by atoms with Crippen molar-refractivity contribution in [2.45, 2.75) is 57.1 Å². The molecule has 4 nitrogen and oxygen atoms in total. The summed E-state index contributed by atoms with van der Waals surface area (Å²) in [6.45, 7) is 4.80. The standard InChI is InChI=1S/C30H36N2O2/c1-33-28-17-15-25(16-18-28)20-32-21-27-13-8-14-30(34-23-26-11-6-3-7-12-26)29(32)22-31(27)19-24-9-4-2-5-10-24/h2-7,9-12,15-18,27,29-30H,8,13-14,19-23H2,1H3/t27-,29+,30-/m0/s1. The minimum Gasteiger partial charge on any atom is -0.497 e. The highest BCUT2D eigenvalue weighted by Gasteiger charge is 2.40. The number of hydrogen-bond donors (Lipinski definition) is 0. The summed E-state index contributed by atoms with van der Waals surface area (Å²) in [5, 5.41) is 0. The minimum absolute atomic E-state index is 0.234. The van der Waals surface area contributed by atoms with Crippen LogP contribution < -0.4 is 4.74 Å². The Kier molecular flexibility index (Phi) is 7.59. The first-order valence-electron chi connectivity index (χ1n) is 12.6. The van der Waals surface area contributed by atoms with Crippen molar-refractivity contribution in [3.8, 4) is 5.75 Å². The predicted octanol–water partition coefficient (Wildman–Crippen LogP) is 5.52. The molecule has 3 fully saturated rings. The average molecular weight is 457 g/mol. The Labute approximate surface area is 204 Å². The summed E-state index contributed by atoms with van der Waals surface area (Å²) in [5.41, 5.74) is 3.99. The van der Waals surface area contributed by atoms with Gasteiger partial charge in [-0.1, -0.05) is 72.8 Å². The second-order valence-corrected chi connectivity index (χ2v) is 9.68. The van der Waals surface area contributed by atoms with Gasteiger partial charge in [-0.2, -0.15) is 0 Å². The molecule has 0 spiro atoms. The summed E-state index contributed by atoms with van der Waals surface area (Å²) in [6.07, 6.45) is 3.82. The van der Waals surface area contributed by atoms with E-state index in [1.807, 2.05) is 0 Å². The van der Waals surface area contributed by atoms with Gasteiger partial charge in [-0.15, -0.1) is 0 Å². The number of rotatable bonds is 8. The third-order valence-electron chi connectivity index (χ3n) is 7.39. The van der Waals surface area contributed by atoms with E-state index in [-0.39, 0.29) is 6.10 Å². The van der Waals surface area contributed by atoms with Crippen LogP contribution in [0.25, 0.3) is 0 Å². The van der Waals surface area contributed by atoms with Crippen LogP contribution in [-0.2, 0) is 24.4 Å². The van der Waals surface area contributed by atoms with Crippen molar-refractivity contribution in [3.63, 3.8) is 0 Å². The monoisotopic (exact) mass is 456 g/mol. The Hall–Kier alpha value is -2.66. The van der Waals surface area contributed by atoms with Crippen LogP contribution in [0.3, 0.4) is 0 Å². The molecule has 0 N–H and O–H groups in total. The number of hydrogen-bond acceptors (Lipinski definition) is 4. The van der Waals surface area contributed by atoms with E-state index in [1.165, 1.54) is 29.5 Å². The maximum atomic E-state index is 6.65. The molecule has 0 saturated carbocycles. The quantitative estimate of drug-likeness (QED) is 0.446. The molecule has 0 aliphatic carbocycles. The number of benzene rings is 3. The summed E-state index contributed by atoms with van der Waals surface area (Å²) in [7, 11) is 1.72. The molecule has 3 aliphatic rings. The Morgan fingerprint density at radius 1 is 0.706 bits per heavy atom. The largest absolute Gasteiger partial charge is 0.497 e. The van der Waals surface area contributed by atoms with Crippen molar-refractivity contribution in [2.75, 3.05) is 20.2 Å². The Balaban J connectivity index is 1.35. The third kappa shape index (κ3) is 5.69. The lowest BCUT2D eigenvalue weighted by Gasteiger charge is -2.51. The van der Waals surface area contributed by atoms with Gasteiger partial charge in [-0.05, 0) is 48.1 Å². The number of piperazine rings is 1. The van der Waals surface area contributed by atoms with Gasteiger partial charge < -0.3 is 9.47 Å². The second-order valence-electron chi connectivity index (χ2n) is 9.68. The van der Waals surface area contributed by atoms with E-state index in [2.05, 4.69) is 94.7 Å². The maximum Gasteiger partial charge on any atom is 0.118 e. The van der Waals surface area contributed by atoms with Crippen molar-refractivity contribution in [1.82, 2.24) is 9.80 Å². The first-order chi connectivity index (χ1) is 16.8. The van der Waals surface area contributed by atoms with Crippen LogP contribution >= 0.6 is 0 Å². The van der Waals surface area contributed by atoms with Crippen molar-refractivity contribution < 1.29 is 9.47 Å². The molecule has 0 unspecified atom stereocenters. The van der Waals surface area contributed by atoms with Crippen molar-refractivity contribution in [3.05, 3.63) is 102 Å². The van der Waals surface area contributed by atoms with Crippen molar-refractivity contribution >= 4 is 0 Å². The summed E-state index contributed by atoms with van der Waals surface area (Å²) in [5.74, 6) is 0.913. The van der Waals surface area contributed by atoms with Crippen molar-refractivity contribution in [2.24, 2.45) is 0 Å². The molecular formula is C30H36N2O2. The van der Waals surface area contributed by atoms with E-state index in [0.29, 0.717) is 18.7 Å². The van der Waals surface area contributed by atoms with Crippen LogP contribution in [0.1, 0.15) is 36.0 Å². The molecule has 3 aromatic carbocycles. The van der Waals surface area contributed by atoms with Gasteiger partial charge in [0, 0.05) is 38.3 Å². The highest BCUT2D eigenvalue weighted by Crippen LogP contribution is 2.31. The highest BCUT2D eigenvalue weighted by atomic mass is 16.5. The molecule has 6 rings (SSSR count). The Morgan fingerprint density at radius 3 is 2.06 bits per heavy atom. The molecule has 34 heavy (non-hydrogen) atoms. The summed E-state index contributed by atoms with van der Waals surface area (Å²) >= 11 is 0. The van der Waals surface area contributed by atoms with Gasteiger partial charge in [0.2, 0.25) is 0 Å². The van der Waals surface area contributed by atoms with Crippen LogP contribution in [0.5, 0.6) is 5.75 Å². The third-order valence-corrected chi connectivity index (χ3v) is 7.39. The van der Waals surface area contributed by atoms with E-state index in [0.717, 1.165) is 38.3 Å². The summed E-state index contributed by atoms with van der Waals surface area (Å²) in [6, 6.07) is 31.0. The normalized spacial score (nSPS) is 23.4. The van der Waals surface area contributed by atoms with Gasteiger partial charge in [0.1, 0.15) is 5.75 Å². The number of methoxy groups -OCH3 is 1. The zero-order valence-corrected chi connectivity index (χ0v) is 20.2. The lowest BCUT2D eigenvalue weighted by Crippen LogP contribution is -2.62. The minimum atomic E-state index is 0.234. The SMILES string of the molecule is COc1ccc(CN2C[C@@H]3CCC[C@H](OCc4ccccc4)[C@H]2CN3Cc2ccccc2)cc1. The lowest BCUT2D eigenvalue weighted by atomic mass is 9.90. The van der Waals surface area contributed by atoms with Crippen LogP contribution in [0.2, 0.25) is 0 Å². The smallest absolute Gasteiger partial charge is 0.118 e. The molecule has 0 amide bonds. The number of ether oxygens (including phenoxy) is 2. The van der Waals surface area contributed by atoms with Gasteiger partial charge in [0.05, 0.1) is 19.8 Å². The van der Waals surface area contributed by atoms with Crippen molar-refractivity contribution in [1.29, 1.82) is 0 Å². The van der Waals surface area contributed by atoms with Gasteiger partial charge >= 0.3 is 0 Å². The van der Waals surface area contributed by atoms with Crippen LogP contribution in [0, 0.1) is 0 Å². The van der Waals surface area contributed by atoms with E-state index in [4.69, 9.17) is 9.47 Å². The molecule has 178 valence electrons. The zero-order valence-electron chi connectivity index (χ0n) is 20.2. The fourth-order valence-electron chi connectivity index (χ4n) is 5.53. The average Bonchev–Trinajstić information content (AvgIpc) is 2.87. The topological polar surface area (TPSA) is 24.9 Å². The molecular weight excluding hydrogens is 420 g/mol. The van der Waals surface area contributed by atoms with Gasteiger partial charge in [-0.3, -0.25) is 9.80 Å². The molecule has 3 aliphatic heterocycles. The first kappa shape index (κ1) is 23.1. The van der Waals surface area contributed by atoms with Gasteiger partial charge in [-0.25, -0.2) is 0 Å². The van der Waals surface area contributed by atoms with Crippen LogP contribution in [0.15, 0.2) is 84.9 Å². The zero-order chi connectivity index (χ0) is 23.2. The van der Waals surface area contributed by atoms with Crippen LogP contribution in [0.4, 0.5) is 0 Å². The van der Waals surface area contributed by atoms with Gasteiger partial charge in [0.15, 0.2) is 0 Å². The number of fused-ring (bicyclic) bond motifs is 5. The summed E-state index contributed by atoms with van der Waals surface area (Å²) < 4.78 is 12.0. The second kappa shape index (κ2) is 11.2.